The summed E-state index contributed by atoms with van der Waals surface area (Å²) in [7, 11) is 0. The van der Waals surface area contributed by atoms with E-state index in [4.69, 9.17) is 9.97 Å². The van der Waals surface area contributed by atoms with Crippen LogP contribution in [0, 0.1) is 0 Å². The lowest BCUT2D eigenvalue weighted by Gasteiger charge is -2.25. The lowest BCUT2D eigenvalue weighted by atomic mass is 10.1. The molecule has 0 spiro atoms. The lowest BCUT2D eigenvalue weighted by Crippen LogP contribution is -2.29. The van der Waals surface area contributed by atoms with Crippen molar-refractivity contribution in [1.82, 2.24) is 20.2 Å². The van der Waals surface area contributed by atoms with Crippen LogP contribution in [0.1, 0.15) is 49.8 Å². The zero-order chi connectivity index (χ0) is 19.5. The average Bonchev–Trinajstić information content (AvgIpc) is 3.38. The van der Waals surface area contributed by atoms with Gasteiger partial charge >= 0.3 is 0 Å². The van der Waals surface area contributed by atoms with E-state index in [2.05, 4.69) is 38.6 Å². The zero-order valence-corrected chi connectivity index (χ0v) is 16.8. The van der Waals surface area contributed by atoms with Gasteiger partial charge in [-0.1, -0.05) is 49.6 Å². The van der Waals surface area contributed by atoms with Crippen LogP contribution in [0.2, 0.25) is 0 Å². The summed E-state index contributed by atoms with van der Waals surface area (Å²) in [5.41, 5.74) is 4.59. The Balaban J connectivity index is 1.42. The second kappa shape index (κ2) is 8.23. The van der Waals surface area contributed by atoms with E-state index in [1.807, 2.05) is 18.2 Å². The molecule has 1 aliphatic heterocycles. The van der Waals surface area contributed by atoms with Crippen molar-refractivity contribution in [3.8, 4) is 11.3 Å². The fraction of sp³-hybridized carbons (Fsp3) is 0.435. The van der Waals surface area contributed by atoms with E-state index in [1.54, 1.807) is 0 Å². The van der Waals surface area contributed by atoms with E-state index in [-0.39, 0.29) is 0 Å². The first-order valence-corrected chi connectivity index (χ1v) is 10.9. The Morgan fingerprint density at radius 2 is 1.66 bits per heavy atom. The van der Waals surface area contributed by atoms with Gasteiger partial charge in [-0.05, 0) is 37.7 Å². The molecular weight excluding hydrogens is 360 g/mol. The SMILES string of the molecule is c1ccc(-c2cc(Nc3nc(N4CCCCCCC4)nc4c3CCC4)n[nH]2)cc1. The summed E-state index contributed by atoms with van der Waals surface area (Å²) in [4.78, 5) is 12.3. The Morgan fingerprint density at radius 3 is 2.48 bits per heavy atom. The maximum Gasteiger partial charge on any atom is 0.227 e. The van der Waals surface area contributed by atoms with Crippen molar-refractivity contribution in [2.75, 3.05) is 23.3 Å². The van der Waals surface area contributed by atoms with Gasteiger partial charge in [-0.2, -0.15) is 10.1 Å². The van der Waals surface area contributed by atoms with Crippen LogP contribution in [-0.4, -0.2) is 33.3 Å². The highest BCUT2D eigenvalue weighted by atomic mass is 15.3. The molecule has 2 N–H and O–H groups in total. The van der Waals surface area contributed by atoms with Crippen LogP contribution in [0.5, 0.6) is 0 Å². The number of aryl methyl sites for hydroxylation is 1. The summed E-state index contributed by atoms with van der Waals surface area (Å²) in [6.45, 7) is 2.11. The summed E-state index contributed by atoms with van der Waals surface area (Å²) in [6.07, 6.45) is 9.65. The number of hydrogen-bond donors (Lipinski definition) is 2. The van der Waals surface area contributed by atoms with Crippen LogP contribution in [0.25, 0.3) is 11.3 Å². The quantitative estimate of drug-likeness (QED) is 0.667. The van der Waals surface area contributed by atoms with Gasteiger partial charge in [0.1, 0.15) is 5.82 Å². The third kappa shape index (κ3) is 3.97. The van der Waals surface area contributed by atoms with Gasteiger partial charge < -0.3 is 10.2 Å². The molecule has 0 atom stereocenters. The van der Waals surface area contributed by atoms with Crippen molar-refractivity contribution in [3.05, 3.63) is 47.7 Å². The minimum atomic E-state index is 0.801. The molecule has 0 radical (unpaired) electrons. The predicted octanol–water partition coefficient (Wildman–Crippen LogP) is 4.87. The standard InChI is InChI=1S/C23H28N6/c1-2-7-14-29(15-8-3-1)23-24-19-13-9-12-18(19)22(26-23)25-21-16-20(27-28-21)17-10-5-4-6-11-17/h4-6,10-11,16H,1-3,7-9,12-15H2,(H2,24,25,26,27,28). The number of nitrogens with one attached hydrogen (secondary N) is 2. The van der Waals surface area contributed by atoms with Gasteiger partial charge in [0.2, 0.25) is 5.95 Å². The smallest absolute Gasteiger partial charge is 0.227 e. The first-order chi connectivity index (χ1) is 14.4. The number of H-pyrrole nitrogens is 1. The summed E-state index contributed by atoms with van der Waals surface area (Å²) in [5, 5.41) is 11.1. The molecule has 0 saturated carbocycles. The monoisotopic (exact) mass is 388 g/mol. The average molecular weight is 389 g/mol. The molecule has 1 fully saturated rings. The van der Waals surface area contributed by atoms with E-state index >= 15 is 0 Å². The minimum Gasteiger partial charge on any atom is -0.341 e. The van der Waals surface area contributed by atoms with Crippen molar-refractivity contribution in [1.29, 1.82) is 0 Å². The minimum absolute atomic E-state index is 0.801. The molecule has 29 heavy (non-hydrogen) atoms. The largest absolute Gasteiger partial charge is 0.341 e. The van der Waals surface area contributed by atoms with Gasteiger partial charge in [-0.15, -0.1) is 0 Å². The second-order valence-corrected chi connectivity index (χ2v) is 8.06. The second-order valence-electron chi connectivity index (χ2n) is 8.06. The van der Waals surface area contributed by atoms with Crippen molar-refractivity contribution in [2.24, 2.45) is 0 Å². The fourth-order valence-electron chi connectivity index (χ4n) is 4.38. The number of aromatic nitrogens is 4. The van der Waals surface area contributed by atoms with Gasteiger partial charge in [0.05, 0.1) is 11.4 Å². The molecule has 1 aliphatic carbocycles. The van der Waals surface area contributed by atoms with Crippen LogP contribution in [0.3, 0.4) is 0 Å². The molecular formula is C23H28N6. The summed E-state index contributed by atoms with van der Waals surface area (Å²) in [6, 6.07) is 12.3. The van der Waals surface area contributed by atoms with E-state index in [0.29, 0.717) is 0 Å². The van der Waals surface area contributed by atoms with Crippen LogP contribution in [-0.2, 0) is 12.8 Å². The summed E-state index contributed by atoms with van der Waals surface area (Å²) >= 11 is 0. The fourth-order valence-corrected chi connectivity index (χ4v) is 4.38. The molecule has 0 bridgehead atoms. The molecule has 0 unspecified atom stereocenters. The topological polar surface area (TPSA) is 69.7 Å². The molecule has 2 aliphatic rings. The summed E-state index contributed by atoms with van der Waals surface area (Å²) in [5.74, 6) is 2.61. The Labute approximate surface area is 171 Å². The highest BCUT2D eigenvalue weighted by molar-refractivity contribution is 5.67. The van der Waals surface area contributed by atoms with Crippen molar-refractivity contribution in [2.45, 2.75) is 51.4 Å². The molecule has 6 heteroatoms. The van der Waals surface area contributed by atoms with E-state index in [9.17, 15) is 0 Å². The first-order valence-electron chi connectivity index (χ1n) is 10.9. The number of fused-ring (bicyclic) bond motifs is 1. The van der Waals surface area contributed by atoms with Crippen molar-refractivity contribution < 1.29 is 0 Å². The van der Waals surface area contributed by atoms with Crippen molar-refractivity contribution in [3.63, 3.8) is 0 Å². The highest BCUT2D eigenvalue weighted by Gasteiger charge is 2.22. The number of rotatable bonds is 4. The normalized spacial score (nSPS) is 16.9. The number of anilines is 3. The van der Waals surface area contributed by atoms with E-state index in [0.717, 1.165) is 61.2 Å². The van der Waals surface area contributed by atoms with Crippen LogP contribution >= 0.6 is 0 Å². The molecule has 3 aromatic rings. The Morgan fingerprint density at radius 1 is 0.862 bits per heavy atom. The van der Waals surface area contributed by atoms with Gasteiger partial charge in [0.15, 0.2) is 5.82 Å². The Kier molecular flexibility index (Phi) is 5.15. The maximum absolute atomic E-state index is 4.97. The zero-order valence-electron chi connectivity index (χ0n) is 16.8. The Hall–Kier alpha value is -2.89. The third-order valence-electron chi connectivity index (χ3n) is 5.97. The number of hydrogen-bond acceptors (Lipinski definition) is 5. The first kappa shape index (κ1) is 18.2. The molecule has 0 amide bonds. The van der Waals surface area contributed by atoms with Gasteiger partial charge in [-0.3, -0.25) is 5.10 Å². The molecule has 1 saturated heterocycles. The highest BCUT2D eigenvalue weighted by Crippen LogP contribution is 2.31. The van der Waals surface area contributed by atoms with Gasteiger partial charge in [-0.25, -0.2) is 4.98 Å². The van der Waals surface area contributed by atoms with Crippen LogP contribution in [0.15, 0.2) is 36.4 Å². The number of nitrogens with zero attached hydrogens (tertiary/aromatic N) is 4. The van der Waals surface area contributed by atoms with Crippen LogP contribution in [0.4, 0.5) is 17.6 Å². The molecule has 6 nitrogen and oxygen atoms in total. The molecule has 150 valence electrons. The third-order valence-corrected chi connectivity index (χ3v) is 5.97. The van der Waals surface area contributed by atoms with Gasteiger partial charge in [0.25, 0.3) is 0 Å². The lowest BCUT2D eigenvalue weighted by molar-refractivity contribution is 0.550. The molecule has 1 aromatic carbocycles. The van der Waals surface area contributed by atoms with Gasteiger partial charge in [0, 0.05) is 24.7 Å². The molecule has 5 rings (SSSR count). The molecule has 3 heterocycles. The van der Waals surface area contributed by atoms with E-state index in [1.165, 1.54) is 43.4 Å². The number of benzene rings is 1. The van der Waals surface area contributed by atoms with Crippen molar-refractivity contribution >= 4 is 17.6 Å². The number of aromatic amines is 1. The summed E-state index contributed by atoms with van der Waals surface area (Å²) < 4.78 is 0. The predicted molar refractivity (Wildman–Crippen MR) is 117 cm³/mol. The Bertz CT molecular complexity index is 957. The maximum atomic E-state index is 4.97. The van der Waals surface area contributed by atoms with E-state index < -0.39 is 0 Å². The molecule has 2 aromatic heterocycles. The van der Waals surface area contributed by atoms with Crippen LogP contribution < -0.4 is 10.2 Å².